The number of hydrogen-bond donors (Lipinski definition) is 0. The fourth-order valence-corrected chi connectivity index (χ4v) is 9.85. The van der Waals surface area contributed by atoms with Crippen molar-refractivity contribution in [3.8, 4) is 22.4 Å². The molecule has 11 rings (SSSR count). The quantitative estimate of drug-likeness (QED) is 0.164. The van der Waals surface area contributed by atoms with Crippen molar-refractivity contribution in [1.29, 1.82) is 0 Å². The van der Waals surface area contributed by atoms with Gasteiger partial charge >= 0.3 is 6.85 Å². The summed E-state index contributed by atoms with van der Waals surface area (Å²) in [6, 6.07) is 43.9. The lowest BCUT2D eigenvalue weighted by Crippen LogP contribution is -2.58. The third kappa shape index (κ3) is 2.57. The van der Waals surface area contributed by atoms with Gasteiger partial charge in [0, 0.05) is 49.6 Å². The number of rotatable bonds is 0. The highest BCUT2D eigenvalue weighted by molar-refractivity contribution is 6.90. The molecule has 4 heterocycles. The number of para-hydroxylation sites is 3. The van der Waals surface area contributed by atoms with E-state index in [9.17, 15) is 0 Å². The average Bonchev–Trinajstić information content (AvgIpc) is 3.53. The predicted octanol–water partition coefficient (Wildman–Crippen LogP) is 9.16. The average molecular weight is 575 g/mol. The summed E-state index contributed by atoms with van der Waals surface area (Å²) < 4.78 is 2.76. The third-order valence-corrected chi connectivity index (χ3v) is 11.7. The van der Waals surface area contributed by atoms with Crippen molar-refractivity contribution in [3.63, 3.8) is 0 Å². The van der Waals surface area contributed by atoms with Crippen LogP contribution in [-0.4, -0.2) is 11.3 Å². The van der Waals surface area contributed by atoms with Crippen LogP contribution < -0.4 is 15.8 Å². The Morgan fingerprint density at radius 2 is 1.24 bits per heavy atom. The predicted molar refractivity (Wildman–Crippen MR) is 190 cm³/mol. The highest BCUT2D eigenvalue weighted by atomic mass is 15.2. The lowest BCUT2D eigenvalue weighted by atomic mass is 9.44. The molecule has 7 aromatic rings. The zero-order chi connectivity index (χ0) is 30.0. The van der Waals surface area contributed by atoms with Crippen molar-refractivity contribution in [2.24, 2.45) is 0 Å². The van der Waals surface area contributed by atoms with Crippen LogP contribution in [0.15, 0.2) is 115 Å². The van der Waals surface area contributed by atoms with Crippen molar-refractivity contribution in [2.45, 2.75) is 38.5 Å². The molecule has 0 saturated heterocycles. The summed E-state index contributed by atoms with van der Waals surface area (Å²) in [5, 5.41) is 4.00. The molecule has 0 fully saturated rings. The molecule has 0 atom stereocenters. The van der Waals surface area contributed by atoms with E-state index in [1.807, 2.05) is 0 Å². The van der Waals surface area contributed by atoms with Crippen LogP contribution >= 0.6 is 0 Å². The van der Waals surface area contributed by atoms with E-state index in [-0.39, 0.29) is 17.7 Å². The maximum Gasteiger partial charge on any atom is 0.333 e. The van der Waals surface area contributed by atoms with Crippen molar-refractivity contribution < 1.29 is 0 Å². The van der Waals surface area contributed by atoms with Crippen LogP contribution in [0.3, 0.4) is 0 Å². The van der Waals surface area contributed by atoms with Crippen molar-refractivity contribution in [2.75, 3.05) is 4.90 Å². The molecular weight excluding hydrogens is 543 g/mol. The fraction of sp³-hybridized carbons (Fsp3) is 0.143. The second kappa shape index (κ2) is 7.61. The molecule has 0 bridgehead atoms. The van der Waals surface area contributed by atoms with Gasteiger partial charge in [-0.2, -0.15) is 0 Å². The molecule has 45 heavy (non-hydrogen) atoms. The first-order valence-corrected chi connectivity index (χ1v) is 16.3. The van der Waals surface area contributed by atoms with E-state index in [0.717, 1.165) is 0 Å². The lowest BCUT2D eigenvalue weighted by Gasteiger charge is -2.48. The molecule has 0 unspecified atom stereocenters. The Morgan fingerprint density at radius 1 is 0.556 bits per heavy atom. The van der Waals surface area contributed by atoms with Gasteiger partial charge in [0.15, 0.2) is 0 Å². The summed E-state index contributed by atoms with van der Waals surface area (Å²) in [5.41, 5.74) is 19.2. The lowest BCUT2D eigenvalue weighted by molar-refractivity contribution is 0.632. The summed E-state index contributed by atoms with van der Waals surface area (Å²) in [5.74, 6) is 0. The molecule has 1 aromatic heterocycles. The van der Waals surface area contributed by atoms with Crippen LogP contribution in [0.25, 0.3) is 44.1 Å². The van der Waals surface area contributed by atoms with Crippen LogP contribution in [0.2, 0.25) is 0 Å². The van der Waals surface area contributed by atoms with Crippen LogP contribution in [-0.2, 0) is 10.8 Å². The van der Waals surface area contributed by atoms with Crippen LogP contribution in [0.5, 0.6) is 0 Å². The molecule has 3 heteroatoms. The zero-order valence-corrected chi connectivity index (χ0v) is 25.9. The minimum atomic E-state index is -0.127. The first-order chi connectivity index (χ1) is 21.9. The molecule has 6 aromatic carbocycles. The SMILES string of the molecule is CC1(C)c2ccccc2N2c3c(cccc31)B1c3c(cc4ccccc4c32)-c2cccc3c4c(n1c23)-c1ccccc1C4(C)C. The van der Waals surface area contributed by atoms with Crippen LogP contribution in [0.4, 0.5) is 17.1 Å². The fourth-order valence-electron chi connectivity index (χ4n) is 9.85. The first kappa shape index (κ1) is 24.3. The second-order valence-corrected chi connectivity index (χ2v) is 14.5. The Morgan fingerprint density at radius 3 is 2.13 bits per heavy atom. The Labute approximate surface area is 263 Å². The molecule has 2 nitrogen and oxygen atoms in total. The van der Waals surface area contributed by atoms with Gasteiger partial charge in [-0.25, -0.2) is 0 Å². The maximum atomic E-state index is 2.76. The van der Waals surface area contributed by atoms with E-state index in [4.69, 9.17) is 0 Å². The van der Waals surface area contributed by atoms with Crippen LogP contribution in [0, 0.1) is 0 Å². The van der Waals surface area contributed by atoms with Gasteiger partial charge in [0.2, 0.25) is 0 Å². The van der Waals surface area contributed by atoms with E-state index in [2.05, 4.69) is 152 Å². The highest BCUT2D eigenvalue weighted by Gasteiger charge is 2.51. The molecule has 3 aliphatic heterocycles. The Hall–Kier alpha value is -5.02. The van der Waals surface area contributed by atoms with Gasteiger partial charge in [0.05, 0.1) is 11.4 Å². The molecule has 0 spiro atoms. The number of fused-ring (bicyclic) bond motifs is 13. The van der Waals surface area contributed by atoms with E-state index in [1.54, 1.807) is 0 Å². The number of aromatic nitrogens is 1. The van der Waals surface area contributed by atoms with E-state index in [1.165, 1.54) is 94.3 Å². The molecule has 0 radical (unpaired) electrons. The van der Waals surface area contributed by atoms with Crippen molar-refractivity contribution in [1.82, 2.24) is 4.48 Å². The molecule has 0 N–H and O–H groups in total. The van der Waals surface area contributed by atoms with Gasteiger partial charge in [-0.05, 0) is 56.3 Å². The topological polar surface area (TPSA) is 8.17 Å². The largest absolute Gasteiger partial charge is 0.375 e. The van der Waals surface area contributed by atoms with Gasteiger partial charge in [-0.1, -0.05) is 131 Å². The third-order valence-electron chi connectivity index (χ3n) is 11.7. The second-order valence-electron chi connectivity index (χ2n) is 14.5. The van der Waals surface area contributed by atoms with Gasteiger partial charge in [-0.15, -0.1) is 0 Å². The van der Waals surface area contributed by atoms with Gasteiger partial charge in [0.1, 0.15) is 0 Å². The standard InChI is InChI=1S/C42H31BN2/c1-41(2)31-19-9-10-22-34(31)44-39-25-14-6-5-13-24(25)23-29-26-16-11-17-28-35-38(27-15-7-8-18-30(27)42(35,3)4)45(37(26)28)43(36(29)39)33-21-12-20-32(41)40(33)44/h5-23H,1-4H3. The summed E-state index contributed by atoms with van der Waals surface area (Å²) in [7, 11) is 0. The number of hydrogen-bond acceptors (Lipinski definition) is 1. The van der Waals surface area contributed by atoms with Crippen molar-refractivity contribution in [3.05, 3.63) is 138 Å². The van der Waals surface area contributed by atoms with E-state index < -0.39 is 0 Å². The van der Waals surface area contributed by atoms with E-state index in [0.29, 0.717) is 0 Å². The van der Waals surface area contributed by atoms with Gasteiger partial charge < -0.3 is 9.38 Å². The first-order valence-electron chi connectivity index (χ1n) is 16.3. The van der Waals surface area contributed by atoms with Crippen LogP contribution in [0.1, 0.15) is 49.9 Å². The monoisotopic (exact) mass is 574 g/mol. The van der Waals surface area contributed by atoms with Crippen molar-refractivity contribution >= 4 is 56.5 Å². The molecule has 0 saturated carbocycles. The summed E-state index contributed by atoms with van der Waals surface area (Å²) in [6.07, 6.45) is 0. The van der Waals surface area contributed by atoms with E-state index >= 15 is 0 Å². The molecule has 0 amide bonds. The zero-order valence-electron chi connectivity index (χ0n) is 25.9. The smallest absolute Gasteiger partial charge is 0.333 e. The Bertz CT molecular complexity index is 2510. The minimum absolute atomic E-state index is 0.0648. The molecule has 212 valence electrons. The molecule has 1 aliphatic carbocycles. The highest BCUT2D eigenvalue weighted by Crippen LogP contribution is 2.58. The summed E-state index contributed by atoms with van der Waals surface area (Å²) >= 11 is 0. The number of benzene rings is 6. The van der Waals surface area contributed by atoms with Gasteiger partial charge in [0.25, 0.3) is 0 Å². The number of nitrogens with zero attached hydrogens (tertiary/aromatic N) is 2. The molecule has 4 aliphatic rings. The molecular formula is C42H31BN2. The normalized spacial score (nSPS) is 16.7. The summed E-state index contributed by atoms with van der Waals surface area (Å²) in [4.78, 5) is 2.63. The maximum absolute atomic E-state index is 2.76. The minimum Gasteiger partial charge on any atom is -0.375 e. The number of anilines is 3. The Kier molecular flexibility index (Phi) is 4.11. The Balaban J connectivity index is 1.40. The summed E-state index contributed by atoms with van der Waals surface area (Å²) in [6.45, 7) is 9.72. The van der Waals surface area contributed by atoms with Gasteiger partial charge in [-0.3, -0.25) is 0 Å².